The topological polar surface area (TPSA) is 106 Å². The molecule has 2 heterocycles. The lowest BCUT2D eigenvalue weighted by Crippen LogP contribution is -2.23. The molecule has 9 heteroatoms. The number of aromatic nitrogens is 2. The van der Waals surface area contributed by atoms with Crippen molar-refractivity contribution in [1.29, 1.82) is 0 Å². The van der Waals surface area contributed by atoms with Gasteiger partial charge in [0.2, 0.25) is 15.9 Å². The summed E-state index contributed by atoms with van der Waals surface area (Å²) in [5.74, 6) is 0.366. The normalized spacial score (nSPS) is 11.5. The highest BCUT2D eigenvalue weighted by Crippen LogP contribution is 2.20. The Labute approximate surface area is 198 Å². The van der Waals surface area contributed by atoms with Crippen LogP contribution in [0.4, 0.5) is 5.69 Å². The summed E-state index contributed by atoms with van der Waals surface area (Å²) < 4.78 is 34.4. The average molecular weight is 479 g/mol. The number of sulfonamides is 1. The van der Waals surface area contributed by atoms with Crippen molar-refractivity contribution in [2.45, 2.75) is 38.1 Å². The molecule has 2 N–H and O–H groups in total. The van der Waals surface area contributed by atoms with E-state index in [1.54, 1.807) is 24.3 Å². The number of nitrogens with zero attached hydrogens (tertiary/aromatic N) is 2. The van der Waals surface area contributed by atoms with Crippen LogP contribution < -0.4 is 10.0 Å². The fraction of sp³-hybridized carbons (Fsp3) is 0.200. The van der Waals surface area contributed by atoms with Crippen LogP contribution in [0.1, 0.15) is 29.1 Å². The van der Waals surface area contributed by atoms with Gasteiger partial charge < -0.3 is 9.73 Å². The number of rotatable bonds is 9. The first-order chi connectivity index (χ1) is 16.3. The van der Waals surface area contributed by atoms with Crippen molar-refractivity contribution < 1.29 is 17.6 Å². The maximum absolute atomic E-state index is 12.5. The molecule has 4 rings (SSSR count). The van der Waals surface area contributed by atoms with Gasteiger partial charge >= 0.3 is 0 Å². The number of nitrogens with one attached hydrogen (secondary N) is 2. The number of hydrogen-bond acceptors (Lipinski definition) is 5. The Morgan fingerprint density at radius 3 is 2.41 bits per heavy atom. The summed E-state index contributed by atoms with van der Waals surface area (Å²) in [5.41, 5.74) is 4.46. The standard InChI is InChI=1S/C25H26N4O4S/c1-18-24(19(2)29(28-18)21-7-4-3-5-8-21)14-15-25(30)27-20-10-12-23(13-11-20)34(31,32)26-17-22-9-6-16-33-22/h3-13,16,26H,14-15,17H2,1-2H3,(H,27,30). The van der Waals surface area contributed by atoms with Gasteiger partial charge in [-0.15, -0.1) is 0 Å². The third kappa shape index (κ3) is 5.44. The van der Waals surface area contributed by atoms with E-state index in [9.17, 15) is 13.2 Å². The van der Waals surface area contributed by atoms with Crippen LogP contribution in [0.2, 0.25) is 0 Å². The molecule has 2 aromatic carbocycles. The van der Waals surface area contributed by atoms with Crippen molar-refractivity contribution >= 4 is 21.6 Å². The van der Waals surface area contributed by atoms with E-state index in [1.165, 1.54) is 18.4 Å². The molecule has 0 aliphatic heterocycles. The van der Waals surface area contributed by atoms with Crippen LogP contribution in [-0.4, -0.2) is 24.1 Å². The van der Waals surface area contributed by atoms with Gasteiger partial charge in [-0.1, -0.05) is 18.2 Å². The highest BCUT2D eigenvalue weighted by Gasteiger charge is 2.16. The molecule has 0 bridgehead atoms. The van der Waals surface area contributed by atoms with E-state index in [-0.39, 0.29) is 23.8 Å². The van der Waals surface area contributed by atoms with Gasteiger partial charge in [-0.05, 0) is 74.4 Å². The molecule has 4 aromatic rings. The molecule has 0 atom stereocenters. The Bertz CT molecular complexity index is 1360. The second-order valence-electron chi connectivity index (χ2n) is 7.87. The SMILES string of the molecule is Cc1nn(-c2ccccc2)c(C)c1CCC(=O)Nc1ccc(S(=O)(=O)NCc2ccco2)cc1. The predicted molar refractivity (Wildman–Crippen MR) is 129 cm³/mol. The summed E-state index contributed by atoms with van der Waals surface area (Å²) >= 11 is 0. The molecule has 0 spiro atoms. The summed E-state index contributed by atoms with van der Waals surface area (Å²) in [6.45, 7) is 4.01. The molecule has 0 aliphatic carbocycles. The van der Waals surface area contributed by atoms with Gasteiger partial charge in [0, 0.05) is 17.8 Å². The van der Waals surface area contributed by atoms with E-state index in [4.69, 9.17) is 4.42 Å². The minimum Gasteiger partial charge on any atom is -0.468 e. The molecule has 34 heavy (non-hydrogen) atoms. The van der Waals surface area contributed by atoms with Gasteiger partial charge in [-0.25, -0.2) is 17.8 Å². The highest BCUT2D eigenvalue weighted by molar-refractivity contribution is 7.89. The predicted octanol–water partition coefficient (Wildman–Crippen LogP) is 4.13. The van der Waals surface area contributed by atoms with Crippen LogP contribution in [0, 0.1) is 13.8 Å². The molecule has 0 aliphatic rings. The number of amides is 1. The van der Waals surface area contributed by atoms with Crippen molar-refractivity contribution in [2.24, 2.45) is 0 Å². The average Bonchev–Trinajstić information content (AvgIpc) is 3.45. The van der Waals surface area contributed by atoms with Crippen molar-refractivity contribution in [2.75, 3.05) is 5.32 Å². The molecular weight excluding hydrogens is 452 g/mol. The summed E-state index contributed by atoms with van der Waals surface area (Å²) in [4.78, 5) is 12.6. The Balaban J connectivity index is 1.34. The molecular formula is C25H26N4O4S. The number of benzene rings is 2. The van der Waals surface area contributed by atoms with Crippen molar-refractivity contribution in [3.05, 3.63) is 95.7 Å². The lowest BCUT2D eigenvalue weighted by atomic mass is 10.1. The Morgan fingerprint density at radius 1 is 1.00 bits per heavy atom. The molecule has 2 aromatic heterocycles. The van der Waals surface area contributed by atoms with Gasteiger partial charge in [-0.2, -0.15) is 5.10 Å². The smallest absolute Gasteiger partial charge is 0.240 e. The van der Waals surface area contributed by atoms with E-state index >= 15 is 0 Å². The molecule has 0 unspecified atom stereocenters. The quantitative estimate of drug-likeness (QED) is 0.376. The van der Waals surface area contributed by atoms with Crippen LogP contribution in [0.5, 0.6) is 0 Å². The van der Waals surface area contributed by atoms with E-state index in [1.807, 2.05) is 48.9 Å². The summed E-state index contributed by atoms with van der Waals surface area (Å²) in [6, 6.07) is 19.3. The number of hydrogen-bond donors (Lipinski definition) is 2. The third-order valence-corrected chi connectivity index (χ3v) is 6.93. The van der Waals surface area contributed by atoms with E-state index < -0.39 is 10.0 Å². The highest BCUT2D eigenvalue weighted by atomic mass is 32.2. The zero-order valence-electron chi connectivity index (χ0n) is 19.0. The molecule has 1 amide bonds. The lowest BCUT2D eigenvalue weighted by Gasteiger charge is -2.09. The van der Waals surface area contributed by atoms with Gasteiger partial charge in [0.05, 0.1) is 29.1 Å². The molecule has 176 valence electrons. The minimum atomic E-state index is -3.69. The maximum atomic E-state index is 12.5. The van der Waals surface area contributed by atoms with E-state index in [0.717, 1.165) is 22.6 Å². The van der Waals surface area contributed by atoms with Crippen LogP contribution >= 0.6 is 0 Å². The number of para-hydroxylation sites is 1. The lowest BCUT2D eigenvalue weighted by molar-refractivity contribution is -0.116. The second kappa shape index (κ2) is 10.1. The van der Waals surface area contributed by atoms with Crippen LogP contribution in [0.15, 0.2) is 82.3 Å². The fourth-order valence-electron chi connectivity index (χ4n) is 3.70. The van der Waals surface area contributed by atoms with E-state index in [2.05, 4.69) is 15.1 Å². The van der Waals surface area contributed by atoms with Gasteiger partial charge in [-0.3, -0.25) is 4.79 Å². The number of aryl methyl sites for hydroxylation is 1. The van der Waals surface area contributed by atoms with Crippen LogP contribution in [0.25, 0.3) is 5.69 Å². The van der Waals surface area contributed by atoms with Gasteiger partial charge in [0.25, 0.3) is 0 Å². The van der Waals surface area contributed by atoms with Crippen LogP contribution in [0.3, 0.4) is 0 Å². The fourth-order valence-corrected chi connectivity index (χ4v) is 4.69. The third-order valence-electron chi connectivity index (χ3n) is 5.51. The first kappa shape index (κ1) is 23.5. The summed E-state index contributed by atoms with van der Waals surface area (Å²) in [7, 11) is -3.69. The van der Waals surface area contributed by atoms with Crippen molar-refractivity contribution in [3.8, 4) is 5.69 Å². The first-order valence-corrected chi connectivity index (χ1v) is 12.3. The van der Waals surface area contributed by atoms with Gasteiger partial charge in [0.15, 0.2) is 0 Å². The second-order valence-corrected chi connectivity index (χ2v) is 9.64. The molecule has 8 nitrogen and oxygen atoms in total. The van der Waals surface area contributed by atoms with Crippen molar-refractivity contribution in [1.82, 2.24) is 14.5 Å². The Kier molecular flexibility index (Phi) is 6.95. The zero-order valence-corrected chi connectivity index (χ0v) is 19.8. The number of furan rings is 1. The number of anilines is 1. The molecule has 0 fully saturated rings. The Hall–Kier alpha value is -3.69. The monoisotopic (exact) mass is 478 g/mol. The number of carbonyl (C=O) groups excluding carboxylic acids is 1. The number of carbonyl (C=O) groups is 1. The van der Waals surface area contributed by atoms with E-state index in [0.29, 0.717) is 17.9 Å². The summed E-state index contributed by atoms with van der Waals surface area (Å²) in [6.07, 6.45) is 2.32. The van der Waals surface area contributed by atoms with Crippen molar-refractivity contribution in [3.63, 3.8) is 0 Å². The largest absolute Gasteiger partial charge is 0.468 e. The first-order valence-electron chi connectivity index (χ1n) is 10.9. The zero-order chi connectivity index (χ0) is 24.1. The molecule has 0 saturated carbocycles. The summed E-state index contributed by atoms with van der Waals surface area (Å²) in [5, 5.41) is 7.45. The molecule has 0 radical (unpaired) electrons. The van der Waals surface area contributed by atoms with Crippen LogP contribution in [-0.2, 0) is 27.8 Å². The maximum Gasteiger partial charge on any atom is 0.240 e. The molecule has 0 saturated heterocycles. The minimum absolute atomic E-state index is 0.0630. The Morgan fingerprint density at radius 2 is 1.74 bits per heavy atom. The van der Waals surface area contributed by atoms with Gasteiger partial charge in [0.1, 0.15) is 5.76 Å².